The van der Waals surface area contributed by atoms with Crippen LogP contribution in [0.5, 0.6) is 0 Å². The molecule has 1 aliphatic rings. The predicted octanol–water partition coefficient (Wildman–Crippen LogP) is 9.62. The van der Waals surface area contributed by atoms with E-state index in [1.165, 1.54) is 31.7 Å². The minimum Gasteiger partial charge on any atom is -0.207 e. The Bertz CT molecular complexity index is 1030. The number of fused-ring (bicyclic) bond motifs is 1. The molecule has 196 valence electrons. The van der Waals surface area contributed by atoms with Crippen LogP contribution < -0.4 is 0 Å². The van der Waals surface area contributed by atoms with Crippen molar-refractivity contribution in [1.82, 2.24) is 0 Å². The molecular formula is C36H44SiTi. The number of rotatable bonds is 2. The van der Waals surface area contributed by atoms with Crippen LogP contribution in [0.4, 0.5) is 0 Å². The third kappa shape index (κ3) is 13.9. The molecule has 38 heavy (non-hydrogen) atoms. The average molecular weight is 553 g/mol. The molecule has 0 saturated carbocycles. The molecule has 2 radical (unpaired) electrons. The van der Waals surface area contributed by atoms with E-state index < -0.39 is 0 Å². The fraction of sp³-hybridized carbons (Fsp3) is 0.278. The van der Waals surface area contributed by atoms with Gasteiger partial charge >= 0.3 is 21.7 Å². The van der Waals surface area contributed by atoms with Crippen LogP contribution in [0.15, 0.2) is 97.1 Å². The maximum atomic E-state index is 3.72. The van der Waals surface area contributed by atoms with Gasteiger partial charge in [-0.15, -0.1) is 36.4 Å². The molecule has 0 spiro atoms. The average Bonchev–Trinajstić information content (AvgIpc) is 3.20. The molecule has 4 aromatic carbocycles. The van der Waals surface area contributed by atoms with Gasteiger partial charge in [0.1, 0.15) is 0 Å². The van der Waals surface area contributed by atoms with Crippen LogP contribution in [0.3, 0.4) is 0 Å². The maximum absolute atomic E-state index is 3.72. The summed E-state index contributed by atoms with van der Waals surface area (Å²) in [5.41, 5.74) is 9.86. The van der Waals surface area contributed by atoms with Crippen LogP contribution in [-0.2, 0) is 40.6 Å². The second-order valence-corrected chi connectivity index (χ2v) is 12.8. The Morgan fingerprint density at radius 1 is 0.684 bits per heavy atom. The predicted molar refractivity (Wildman–Crippen MR) is 165 cm³/mol. The zero-order valence-corrected chi connectivity index (χ0v) is 26.5. The van der Waals surface area contributed by atoms with Crippen molar-refractivity contribution < 1.29 is 21.7 Å². The summed E-state index contributed by atoms with van der Waals surface area (Å²) in [6.07, 6.45) is 5.47. The zero-order chi connectivity index (χ0) is 27.1. The normalized spacial score (nSPS) is 11.6. The van der Waals surface area contributed by atoms with E-state index in [9.17, 15) is 0 Å². The molecule has 0 heterocycles. The standard InChI is InChI=1S/C15H23Si.3C7H7.Ti/c1-11-9-12-7-5-6-8-13(12)14(11)10-16-15(2,3)4;3*1-7-5-3-2-4-6-7;/h9H,5-8,10H2,1-4H3;3*2-6H,1H2;/q4*-1;+4. The van der Waals surface area contributed by atoms with Gasteiger partial charge in [-0.2, -0.15) is 96.1 Å². The van der Waals surface area contributed by atoms with Crippen molar-refractivity contribution >= 4 is 9.52 Å². The van der Waals surface area contributed by atoms with Crippen molar-refractivity contribution in [2.45, 2.75) is 64.5 Å². The Labute approximate surface area is 251 Å². The van der Waals surface area contributed by atoms with Crippen molar-refractivity contribution in [2.75, 3.05) is 0 Å². The third-order valence-electron chi connectivity index (χ3n) is 6.07. The van der Waals surface area contributed by atoms with E-state index >= 15 is 0 Å². The molecule has 0 saturated heterocycles. The Balaban J connectivity index is 0.000000276. The zero-order valence-electron chi connectivity index (χ0n) is 23.9. The molecule has 0 aromatic heterocycles. The van der Waals surface area contributed by atoms with E-state index in [0.29, 0.717) is 5.04 Å². The van der Waals surface area contributed by atoms with Crippen molar-refractivity contribution in [3.05, 3.63) is 157 Å². The van der Waals surface area contributed by atoms with Crippen LogP contribution in [0, 0.1) is 27.7 Å². The second kappa shape index (κ2) is 17.9. The third-order valence-corrected chi connectivity index (χ3v) is 7.66. The summed E-state index contributed by atoms with van der Waals surface area (Å²) >= 11 is 0. The fourth-order valence-corrected chi connectivity index (χ4v) is 5.25. The molecular weight excluding hydrogens is 508 g/mol. The second-order valence-electron chi connectivity index (χ2n) is 10.6. The molecule has 0 nitrogen and oxygen atoms in total. The Kier molecular flexibility index (Phi) is 15.9. The molecule has 2 heteroatoms. The minimum absolute atomic E-state index is 0. The molecule has 0 bridgehead atoms. The van der Waals surface area contributed by atoms with E-state index in [1.807, 2.05) is 91.0 Å². The number of hydrogen-bond acceptors (Lipinski definition) is 0. The number of aryl methyl sites for hydroxylation is 2. The first-order valence-corrected chi connectivity index (χ1v) is 14.5. The van der Waals surface area contributed by atoms with Gasteiger partial charge < -0.3 is 0 Å². The molecule has 5 rings (SSSR count). The Hall–Kier alpha value is -2.45. The van der Waals surface area contributed by atoms with Gasteiger partial charge in [0.25, 0.3) is 0 Å². The summed E-state index contributed by atoms with van der Waals surface area (Å²) in [7, 11) is 1.05. The van der Waals surface area contributed by atoms with E-state index in [1.54, 1.807) is 22.3 Å². The molecule has 0 unspecified atom stereocenters. The van der Waals surface area contributed by atoms with Crippen LogP contribution >= 0.6 is 0 Å². The Morgan fingerprint density at radius 3 is 1.42 bits per heavy atom. The molecule has 4 aromatic rings. The molecule has 0 aliphatic heterocycles. The van der Waals surface area contributed by atoms with E-state index in [0.717, 1.165) is 26.2 Å². The smallest absolute Gasteiger partial charge is 0.207 e. The quantitative estimate of drug-likeness (QED) is 0.172. The maximum Gasteiger partial charge on any atom is 4.00 e. The van der Waals surface area contributed by atoms with E-state index in [4.69, 9.17) is 0 Å². The van der Waals surface area contributed by atoms with Gasteiger partial charge in [0.15, 0.2) is 0 Å². The first-order valence-electron chi connectivity index (χ1n) is 13.3. The van der Waals surface area contributed by atoms with Gasteiger partial charge in [0.05, 0.1) is 0 Å². The molecule has 0 N–H and O–H groups in total. The van der Waals surface area contributed by atoms with Gasteiger partial charge in [-0.05, 0) is 5.04 Å². The monoisotopic (exact) mass is 552 g/mol. The topological polar surface area (TPSA) is 0 Å². The number of benzene rings is 3. The van der Waals surface area contributed by atoms with Crippen molar-refractivity contribution in [2.24, 2.45) is 0 Å². The van der Waals surface area contributed by atoms with Gasteiger partial charge in [-0.1, -0.05) is 77.6 Å². The Morgan fingerprint density at radius 2 is 1.08 bits per heavy atom. The van der Waals surface area contributed by atoms with E-state index in [-0.39, 0.29) is 21.7 Å². The van der Waals surface area contributed by atoms with Gasteiger partial charge in [-0.3, -0.25) is 0 Å². The van der Waals surface area contributed by atoms with Gasteiger partial charge in [0.2, 0.25) is 0 Å². The van der Waals surface area contributed by atoms with Crippen LogP contribution in [0.25, 0.3) is 0 Å². The van der Waals surface area contributed by atoms with Crippen molar-refractivity contribution in [1.29, 1.82) is 0 Å². The van der Waals surface area contributed by atoms with Gasteiger partial charge in [-0.25, -0.2) is 6.07 Å². The SMILES string of the molecule is Cc1cc2c([c-]1C[Si]C(C)(C)C)CCCC2.[CH2-]c1ccccc1.[CH2-]c1ccccc1.[CH2-]c1ccccc1.[Ti+4]. The molecule has 0 atom stereocenters. The van der Waals surface area contributed by atoms with Crippen molar-refractivity contribution in [3.8, 4) is 0 Å². The van der Waals surface area contributed by atoms with Crippen LogP contribution in [0.1, 0.15) is 72.6 Å². The number of hydrogen-bond donors (Lipinski definition) is 0. The van der Waals surface area contributed by atoms with E-state index in [2.05, 4.69) is 54.5 Å². The summed E-state index contributed by atoms with van der Waals surface area (Å²) in [6.45, 7) is 20.5. The molecule has 0 amide bonds. The van der Waals surface area contributed by atoms with Crippen LogP contribution in [-0.4, -0.2) is 9.52 Å². The summed E-state index contributed by atoms with van der Waals surface area (Å²) in [5, 5.41) is 0.491. The summed E-state index contributed by atoms with van der Waals surface area (Å²) in [6, 6.07) is 33.4. The molecule has 1 aliphatic carbocycles. The first-order chi connectivity index (χ1) is 17.7. The van der Waals surface area contributed by atoms with Crippen LogP contribution in [0.2, 0.25) is 5.04 Å². The van der Waals surface area contributed by atoms with Gasteiger partial charge in [0, 0.05) is 9.52 Å². The fourth-order valence-electron chi connectivity index (χ4n) is 4.05. The summed E-state index contributed by atoms with van der Waals surface area (Å²) in [4.78, 5) is 0. The minimum atomic E-state index is 0. The molecule has 0 fully saturated rings. The summed E-state index contributed by atoms with van der Waals surface area (Å²) < 4.78 is 0. The largest absolute Gasteiger partial charge is 4.00 e. The first kappa shape index (κ1) is 33.6. The summed E-state index contributed by atoms with van der Waals surface area (Å²) in [5.74, 6) is 0. The van der Waals surface area contributed by atoms with Crippen molar-refractivity contribution in [3.63, 3.8) is 0 Å².